The second kappa shape index (κ2) is 8.31. The van der Waals surface area contributed by atoms with Crippen LogP contribution in [0.1, 0.15) is 20.8 Å². The summed E-state index contributed by atoms with van der Waals surface area (Å²) in [6.07, 6.45) is -2.80. The van der Waals surface area contributed by atoms with Gasteiger partial charge in [-0.15, -0.1) is 11.6 Å². The summed E-state index contributed by atoms with van der Waals surface area (Å²) >= 11 is 8.85. The monoisotopic (exact) mass is 344 g/mol. The Morgan fingerprint density at radius 1 is 1.17 bits per heavy atom. The summed E-state index contributed by atoms with van der Waals surface area (Å²) in [6.45, 7) is 4.08. The Labute approximate surface area is 118 Å². The van der Waals surface area contributed by atoms with E-state index in [4.69, 9.17) is 21.1 Å². The first-order valence-electron chi connectivity index (χ1n) is 5.01. The van der Waals surface area contributed by atoms with E-state index in [2.05, 4.69) is 20.7 Å². The van der Waals surface area contributed by atoms with Gasteiger partial charge in [-0.2, -0.15) is 0 Å². The Kier molecular flexibility index (Phi) is 7.93. The van der Waals surface area contributed by atoms with Crippen LogP contribution in [-0.4, -0.2) is 41.0 Å². The molecule has 0 aromatic carbocycles. The minimum Gasteiger partial charge on any atom is -0.461 e. The van der Waals surface area contributed by atoms with Gasteiger partial charge in [-0.25, -0.2) is 0 Å². The summed E-state index contributed by atoms with van der Waals surface area (Å²) in [7, 11) is 0. The first-order valence-corrected chi connectivity index (χ1v) is 6.36. The van der Waals surface area contributed by atoms with Crippen LogP contribution in [0.2, 0.25) is 0 Å². The van der Waals surface area contributed by atoms with Crippen LogP contribution in [-0.2, 0) is 28.6 Å². The summed E-state index contributed by atoms with van der Waals surface area (Å²) < 4.78 is 13.8. The Hall–Kier alpha value is -0.820. The van der Waals surface area contributed by atoms with E-state index in [9.17, 15) is 14.4 Å². The molecule has 0 aromatic heterocycles. The fraction of sp³-hybridized carbons (Fsp3) is 0.700. The molecule has 0 saturated carbocycles. The van der Waals surface area contributed by atoms with Crippen LogP contribution in [0, 0.1) is 0 Å². The number of carbonyl (C=O) groups excluding carboxylic acids is 3. The Bertz CT molecular complexity index is 309. The highest BCUT2D eigenvalue weighted by molar-refractivity contribution is 9.10. The van der Waals surface area contributed by atoms with Crippen molar-refractivity contribution in [3.8, 4) is 0 Å². The molecule has 0 fully saturated rings. The largest absolute Gasteiger partial charge is 0.461 e. The number of esters is 2. The molecule has 104 valence electrons. The molecule has 1 unspecified atom stereocenters. The van der Waals surface area contributed by atoms with Gasteiger partial charge < -0.3 is 14.2 Å². The average molecular weight is 346 g/mol. The Morgan fingerprint density at radius 3 is 1.94 bits per heavy atom. The third kappa shape index (κ3) is 6.20. The standard InChI is InChI=1S/C10H14BrClO6/c1-5(16-4-13)8(17-6(2)14)9(10(11)12)18-7(3)15/h4-5,8-10H,1-3H3/t5-,8-,9+,10?/m0/s1. The maximum absolute atomic E-state index is 11.0. The van der Waals surface area contributed by atoms with Gasteiger partial charge in [0.05, 0.1) is 0 Å². The molecule has 0 rings (SSSR count). The normalized spacial score (nSPS) is 16.9. The molecule has 0 N–H and O–H groups in total. The molecule has 0 saturated heterocycles. The van der Waals surface area contributed by atoms with Gasteiger partial charge in [0.1, 0.15) is 10.4 Å². The number of hydrogen-bond donors (Lipinski definition) is 0. The molecule has 0 bridgehead atoms. The van der Waals surface area contributed by atoms with E-state index in [-0.39, 0.29) is 6.47 Å². The Balaban J connectivity index is 5.00. The zero-order valence-electron chi connectivity index (χ0n) is 10.1. The van der Waals surface area contributed by atoms with E-state index in [1.54, 1.807) is 0 Å². The molecule has 0 aliphatic heterocycles. The van der Waals surface area contributed by atoms with Crippen LogP contribution in [0.3, 0.4) is 0 Å². The van der Waals surface area contributed by atoms with Gasteiger partial charge in [-0.05, 0) is 6.92 Å². The fourth-order valence-corrected chi connectivity index (χ4v) is 1.84. The molecule has 18 heavy (non-hydrogen) atoms. The number of carbonyl (C=O) groups is 3. The van der Waals surface area contributed by atoms with Gasteiger partial charge in [0.25, 0.3) is 6.47 Å². The van der Waals surface area contributed by atoms with Gasteiger partial charge >= 0.3 is 11.9 Å². The van der Waals surface area contributed by atoms with Crippen LogP contribution >= 0.6 is 27.5 Å². The average Bonchev–Trinajstić information content (AvgIpc) is 2.22. The number of rotatable bonds is 7. The minimum atomic E-state index is -1.00. The third-order valence-electron chi connectivity index (χ3n) is 1.91. The van der Waals surface area contributed by atoms with Crippen molar-refractivity contribution in [2.45, 2.75) is 43.4 Å². The first-order chi connectivity index (χ1) is 8.29. The quantitative estimate of drug-likeness (QED) is 0.300. The SMILES string of the molecule is CC(=O)O[C@@H]([C@H](C)OC=O)[C@@H](OC(C)=O)C(Cl)Br. The predicted octanol–water partition coefficient (Wildman–Crippen LogP) is 1.37. The number of ether oxygens (including phenoxy) is 3. The van der Waals surface area contributed by atoms with Crippen molar-refractivity contribution in [2.75, 3.05) is 0 Å². The van der Waals surface area contributed by atoms with Gasteiger partial charge in [0.2, 0.25) is 0 Å². The van der Waals surface area contributed by atoms with Crippen molar-refractivity contribution in [3.63, 3.8) is 0 Å². The fourth-order valence-electron chi connectivity index (χ4n) is 1.24. The number of alkyl halides is 2. The molecule has 6 nitrogen and oxygen atoms in total. The summed E-state index contributed by atoms with van der Waals surface area (Å²) in [5, 5.41) is 0. The zero-order valence-corrected chi connectivity index (χ0v) is 12.4. The predicted molar refractivity (Wildman–Crippen MR) is 66.3 cm³/mol. The van der Waals surface area contributed by atoms with E-state index in [1.807, 2.05) is 0 Å². The Morgan fingerprint density at radius 2 is 1.61 bits per heavy atom. The van der Waals surface area contributed by atoms with Gasteiger partial charge in [0.15, 0.2) is 12.2 Å². The van der Waals surface area contributed by atoms with Crippen molar-refractivity contribution >= 4 is 45.9 Å². The zero-order chi connectivity index (χ0) is 14.3. The third-order valence-corrected chi connectivity index (χ3v) is 2.68. The number of hydrogen-bond acceptors (Lipinski definition) is 6. The molecule has 0 aromatic rings. The molecule has 0 heterocycles. The summed E-state index contributed by atoms with van der Waals surface area (Å²) in [4.78, 5) is 32.3. The molecule has 4 atom stereocenters. The lowest BCUT2D eigenvalue weighted by atomic mass is 10.1. The second-order valence-electron chi connectivity index (χ2n) is 3.42. The highest BCUT2D eigenvalue weighted by Gasteiger charge is 2.37. The van der Waals surface area contributed by atoms with E-state index in [0.717, 1.165) is 0 Å². The molecule has 0 amide bonds. The topological polar surface area (TPSA) is 78.9 Å². The van der Waals surface area contributed by atoms with Crippen LogP contribution in [0.15, 0.2) is 0 Å². The van der Waals surface area contributed by atoms with Crippen LogP contribution < -0.4 is 0 Å². The van der Waals surface area contributed by atoms with E-state index >= 15 is 0 Å². The van der Waals surface area contributed by atoms with Gasteiger partial charge in [0, 0.05) is 13.8 Å². The lowest BCUT2D eigenvalue weighted by Crippen LogP contribution is -2.46. The van der Waals surface area contributed by atoms with Crippen molar-refractivity contribution in [2.24, 2.45) is 0 Å². The maximum Gasteiger partial charge on any atom is 0.303 e. The molecule has 0 spiro atoms. The van der Waals surface area contributed by atoms with Crippen LogP contribution in [0.25, 0.3) is 0 Å². The van der Waals surface area contributed by atoms with E-state index in [1.165, 1.54) is 20.8 Å². The summed E-state index contributed by atoms with van der Waals surface area (Å²) in [6, 6.07) is 0. The van der Waals surface area contributed by atoms with Gasteiger partial charge in [-0.1, -0.05) is 15.9 Å². The summed E-state index contributed by atoms with van der Waals surface area (Å²) in [5.41, 5.74) is 0. The van der Waals surface area contributed by atoms with Crippen LogP contribution in [0.4, 0.5) is 0 Å². The lowest BCUT2D eigenvalue weighted by molar-refractivity contribution is -0.176. The second-order valence-corrected chi connectivity index (χ2v) is 5.40. The summed E-state index contributed by atoms with van der Waals surface area (Å²) in [5.74, 6) is -1.20. The smallest absolute Gasteiger partial charge is 0.303 e. The highest BCUT2D eigenvalue weighted by atomic mass is 79.9. The molecular formula is C10H14BrClO6. The van der Waals surface area contributed by atoms with Crippen molar-refractivity contribution in [1.82, 2.24) is 0 Å². The molecular weight excluding hydrogens is 331 g/mol. The van der Waals surface area contributed by atoms with E-state index < -0.39 is 34.5 Å². The molecule has 0 aliphatic rings. The molecule has 8 heteroatoms. The highest BCUT2D eigenvalue weighted by Crippen LogP contribution is 2.23. The van der Waals surface area contributed by atoms with Gasteiger partial charge in [-0.3, -0.25) is 14.4 Å². The molecule has 0 radical (unpaired) electrons. The van der Waals surface area contributed by atoms with Crippen molar-refractivity contribution < 1.29 is 28.6 Å². The number of halogens is 2. The van der Waals surface area contributed by atoms with E-state index in [0.29, 0.717) is 0 Å². The van der Waals surface area contributed by atoms with Crippen molar-refractivity contribution in [1.29, 1.82) is 0 Å². The van der Waals surface area contributed by atoms with Crippen LogP contribution in [0.5, 0.6) is 0 Å². The molecule has 0 aliphatic carbocycles. The first kappa shape index (κ1) is 17.2. The lowest BCUT2D eigenvalue weighted by Gasteiger charge is -2.30. The van der Waals surface area contributed by atoms with Crippen molar-refractivity contribution in [3.05, 3.63) is 0 Å². The minimum absolute atomic E-state index is 0.212. The maximum atomic E-state index is 11.0.